The minimum Gasteiger partial charge on any atom is -0.461 e. The first-order valence-electron chi connectivity index (χ1n) is 9.65. The number of esters is 1. The van der Waals surface area contributed by atoms with Crippen LogP contribution >= 0.6 is 0 Å². The Balaban J connectivity index is 0.000000280. The van der Waals surface area contributed by atoms with E-state index >= 15 is 0 Å². The summed E-state index contributed by atoms with van der Waals surface area (Å²) in [5.74, 6) is -0.362. The van der Waals surface area contributed by atoms with E-state index in [-0.39, 0.29) is 30.3 Å². The first-order chi connectivity index (χ1) is 13.4. The Morgan fingerprint density at radius 2 is 1.89 bits per heavy atom. The number of imide groups is 1. The lowest BCUT2D eigenvalue weighted by Crippen LogP contribution is -2.31. The maximum Gasteiger partial charge on any atom is 0.302 e. The summed E-state index contributed by atoms with van der Waals surface area (Å²) in [6.07, 6.45) is 5.46. The van der Waals surface area contributed by atoms with Gasteiger partial charge in [0.15, 0.2) is 0 Å². The molecule has 2 rings (SSSR count). The molecule has 1 saturated heterocycles. The molecule has 0 aliphatic carbocycles. The number of likely N-dealkylation sites (tertiary alicyclic amines) is 1. The standard InChI is InChI=1S/C11H19NO2.C10H11NO3/c1-3-4-5-6-7-12-10(13)8-9(2)11(12)14;1-8(13)14-6-9-2-4-10(5-3-9)11-7-12/h9H,3-8H2,1-2H3;2-5,7H,6H2,1H3,(H,11,12). The monoisotopic (exact) mass is 390 g/mol. The van der Waals surface area contributed by atoms with Gasteiger partial charge in [0.2, 0.25) is 18.2 Å². The molecule has 1 unspecified atom stereocenters. The number of ether oxygens (including phenoxy) is 1. The van der Waals surface area contributed by atoms with Gasteiger partial charge in [-0.3, -0.25) is 24.1 Å². The number of hydrogen-bond donors (Lipinski definition) is 1. The fourth-order valence-corrected chi connectivity index (χ4v) is 2.73. The number of nitrogens with zero attached hydrogens (tertiary/aromatic N) is 1. The van der Waals surface area contributed by atoms with Crippen molar-refractivity contribution in [3.05, 3.63) is 29.8 Å². The molecule has 1 aliphatic rings. The Labute approximate surface area is 166 Å². The minimum absolute atomic E-state index is 0.0130. The third-order valence-corrected chi connectivity index (χ3v) is 4.33. The molecular weight excluding hydrogens is 360 g/mol. The molecule has 3 amide bonds. The topological polar surface area (TPSA) is 92.8 Å². The van der Waals surface area contributed by atoms with Crippen LogP contribution in [0.25, 0.3) is 0 Å². The fraction of sp³-hybridized carbons (Fsp3) is 0.524. The van der Waals surface area contributed by atoms with Crippen LogP contribution in [-0.2, 0) is 30.5 Å². The molecule has 154 valence electrons. The Kier molecular flexibility index (Phi) is 10.5. The molecule has 28 heavy (non-hydrogen) atoms. The number of amides is 3. The zero-order chi connectivity index (χ0) is 20.9. The average Bonchev–Trinajstić information content (AvgIpc) is 2.91. The van der Waals surface area contributed by atoms with Gasteiger partial charge in [-0.25, -0.2) is 0 Å². The number of benzene rings is 1. The lowest BCUT2D eigenvalue weighted by molar-refractivity contribution is -0.142. The molecule has 1 aliphatic heterocycles. The molecular formula is C21H30N2O5. The van der Waals surface area contributed by atoms with Crippen molar-refractivity contribution in [2.45, 2.75) is 59.5 Å². The third-order valence-electron chi connectivity index (χ3n) is 4.33. The highest BCUT2D eigenvalue weighted by atomic mass is 16.5. The zero-order valence-corrected chi connectivity index (χ0v) is 16.9. The van der Waals surface area contributed by atoms with Crippen LogP contribution < -0.4 is 5.32 Å². The van der Waals surface area contributed by atoms with Crippen molar-refractivity contribution < 1.29 is 23.9 Å². The maximum absolute atomic E-state index is 11.5. The van der Waals surface area contributed by atoms with E-state index in [2.05, 4.69) is 12.2 Å². The summed E-state index contributed by atoms with van der Waals surface area (Å²) in [5.41, 5.74) is 1.60. The average molecular weight is 390 g/mol. The van der Waals surface area contributed by atoms with E-state index in [1.54, 1.807) is 24.3 Å². The summed E-state index contributed by atoms with van der Waals surface area (Å²) in [6.45, 7) is 6.22. The maximum atomic E-state index is 11.5. The van der Waals surface area contributed by atoms with Gasteiger partial charge in [-0.1, -0.05) is 45.2 Å². The lowest BCUT2D eigenvalue weighted by Gasteiger charge is -2.13. The van der Waals surface area contributed by atoms with Crippen LogP contribution in [0.1, 0.15) is 58.4 Å². The van der Waals surface area contributed by atoms with Gasteiger partial charge in [-0.2, -0.15) is 0 Å². The second-order valence-electron chi connectivity index (χ2n) is 6.79. The molecule has 0 aromatic heterocycles. The molecule has 1 fully saturated rings. The van der Waals surface area contributed by atoms with Gasteiger partial charge in [-0.05, 0) is 24.1 Å². The van der Waals surface area contributed by atoms with Crippen LogP contribution in [0.3, 0.4) is 0 Å². The Bertz CT molecular complexity index is 657. The number of unbranched alkanes of at least 4 members (excludes halogenated alkanes) is 3. The summed E-state index contributed by atoms with van der Waals surface area (Å²) < 4.78 is 4.80. The number of carbonyl (C=O) groups is 4. The van der Waals surface area contributed by atoms with E-state index in [9.17, 15) is 19.2 Å². The van der Waals surface area contributed by atoms with Crippen LogP contribution in [-0.4, -0.2) is 35.6 Å². The molecule has 0 spiro atoms. The van der Waals surface area contributed by atoms with Gasteiger partial charge < -0.3 is 10.1 Å². The van der Waals surface area contributed by atoms with Crippen molar-refractivity contribution in [1.82, 2.24) is 4.90 Å². The highest BCUT2D eigenvalue weighted by Crippen LogP contribution is 2.19. The summed E-state index contributed by atoms with van der Waals surface area (Å²) >= 11 is 0. The lowest BCUT2D eigenvalue weighted by atomic mass is 10.1. The van der Waals surface area contributed by atoms with Crippen molar-refractivity contribution in [3.8, 4) is 0 Å². The molecule has 0 bridgehead atoms. The summed E-state index contributed by atoms with van der Waals surface area (Å²) in [6, 6.07) is 7.06. The Hall–Kier alpha value is -2.70. The summed E-state index contributed by atoms with van der Waals surface area (Å²) in [7, 11) is 0. The van der Waals surface area contributed by atoms with Crippen LogP contribution in [0, 0.1) is 5.92 Å². The fourth-order valence-electron chi connectivity index (χ4n) is 2.73. The minimum atomic E-state index is -0.305. The number of nitrogens with one attached hydrogen (secondary N) is 1. The van der Waals surface area contributed by atoms with Gasteiger partial charge in [0.25, 0.3) is 0 Å². The summed E-state index contributed by atoms with van der Waals surface area (Å²) in [4.78, 5) is 44.9. The molecule has 1 aromatic carbocycles. The molecule has 1 heterocycles. The van der Waals surface area contributed by atoms with E-state index in [4.69, 9.17) is 4.74 Å². The molecule has 0 radical (unpaired) electrons. The molecule has 1 aromatic rings. The quantitative estimate of drug-likeness (QED) is 0.302. The van der Waals surface area contributed by atoms with Gasteiger partial charge in [0.05, 0.1) is 0 Å². The predicted molar refractivity (Wildman–Crippen MR) is 106 cm³/mol. The van der Waals surface area contributed by atoms with Crippen LogP contribution in [0.4, 0.5) is 5.69 Å². The smallest absolute Gasteiger partial charge is 0.302 e. The predicted octanol–water partition coefficient (Wildman–Crippen LogP) is 3.28. The molecule has 7 nitrogen and oxygen atoms in total. The Morgan fingerprint density at radius 1 is 1.21 bits per heavy atom. The largest absolute Gasteiger partial charge is 0.461 e. The number of carbonyl (C=O) groups excluding carboxylic acids is 4. The van der Waals surface area contributed by atoms with Gasteiger partial charge in [-0.15, -0.1) is 0 Å². The van der Waals surface area contributed by atoms with Crippen molar-refractivity contribution >= 4 is 29.9 Å². The first-order valence-corrected chi connectivity index (χ1v) is 9.65. The second-order valence-corrected chi connectivity index (χ2v) is 6.79. The van der Waals surface area contributed by atoms with Crippen molar-refractivity contribution in [3.63, 3.8) is 0 Å². The number of hydrogen-bond acceptors (Lipinski definition) is 5. The highest BCUT2D eigenvalue weighted by molar-refractivity contribution is 6.03. The second kappa shape index (κ2) is 12.6. The highest BCUT2D eigenvalue weighted by Gasteiger charge is 2.34. The zero-order valence-electron chi connectivity index (χ0n) is 16.9. The van der Waals surface area contributed by atoms with Crippen LogP contribution in [0.15, 0.2) is 24.3 Å². The van der Waals surface area contributed by atoms with Gasteiger partial charge in [0, 0.05) is 31.5 Å². The van der Waals surface area contributed by atoms with Crippen LogP contribution in [0.2, 0.25) is 0 Å². The van der Waals surface area contributed by atoms with E-state index < -0.39 is 0 Å². The van der Waals surface area contributed by atoms with Crippen molar-refractivity contribution in [2.75, 3.05) is 11.9 Å². The Morgan fingerprint density at radius 3 is 2.39 bits per heavy atom. The van der Waals surface area contributed by atoms with E-state index in [1.807, 2.05) is 6.92 Å². The van der Waals surface area contributed by atoms with Crippen LogP contribution in [0.5, 0.6) is 0 Å². The first kappa shape index (κ1) is 23.3. The molecule has 1 N–H and O–H groups in total. The van der Waals surface area contributed by atoms with Gasteiger partial charge in [0.1, 0.15) is 6.61 Å². The number of anilines is 1. The molecule has 7 heteroatoms. The SMILES string of the molecule is CC(=O)OCc1ccc(NC=O)cc1.CCCCCCN1C(=O)CC(C)C1=O. The molecule has 0 saturated carbocycles. The molecule has 1 atom stereocenters. The van der Waals surface area contributed by atoms with Crippen molar-refractivity contribution in [2.24, 2.45) is 5.92 Å². The van der Waals surface area contributed by atoms with E-state index in [1.165, 1.54) is 24.7 Å². The number of rotatable bonds is 9. The third kappa shape index (κ3) is 8.33. The van der Waals surface area contributed by atoms with E-state index in [0.717, 1.165) is 18.4 Å². The van der Waals surface area contributed by atoms with E-state index in [0.29, 0.717) is 25.1 Å². The van der Waals surface area contributed by atoms with Crippen molar-refractivity contribution in [1.29, 1.82) is 0 Å². The van der Waals surface area contributed by atoms with Gasteiger partial charge >= 0.3 is 5.97 Å². The summed E-state index contributed by atoms with van der Waals surface area (Å²) in [5, 5.41) is 2.51. The normalized spacial score (nSPS) is 15.7.